The van der Waals surface area contributed by atoms with E-state index < -0.39 is 72.3 Å². The van der Waals surface area contributed by atoms with Crippen molar-refractivity contribution in [1.29, 1.82) is 0 Å². The molecular weight excluding hydrogens is 862 g/mol. The summed E-state index contributed by atoms with van der Waals surface area (Å²) in [5.41, 5.74) is 3.49. The lowest BCUT2D eigenvalue weighted by Gasteiger charge is -2.45. The first-order valence-corrected chi connectivity index (χ1v) is 21.6. The minimum atomic E-state index is -2.04. The number of cyclic esters (lactones) is 1. The lowest BCUT2D eigenvalue weighted by Crippen LogP contribution is -2.61. The summed E-state index contributed by atoms with van der Waals surface area (Å²) in [5.74, 6) is -4.41. The molecule has 4 aromatic rings. The van der Waals surface area contributed by atoms with Gasteiger partial charge in [-0.25, -0.2) is 9.69 Å². The molecule has 0 bridgehead atoms. The van der Waals surface area contributed by atoms with E-state index in [1.165, 1.54) is 13.2 Å². The van der Waals surface area contributed by atoms with Crippen LogP contribution < -0.4 is 0 Å². The van der Waals surface area contributed by atoms with Crippen molar-refractivity contribution in [2.75, 3.05) is 26.9 Å². The van der Waals surface area contributed by atoms with Crippen LogP contribution in [0.15, 0.2) is 132 Å². The number of imide groups is 1. The zero-order chi connectivity index (χ0) is 43.5. The fourth-order valence-electron chi connectivity index (χ4n) is 8.09. The molecule has 0 spiro atoms. The molecule has 0 unspecified atom stereocenters. The molecule has 0 saturated carbocycles. The standard InChI is InChI=1S/C48H52BrNO12/c1-56-46-44(43(59-30-35-21-12-5-13-22-35)42(39(28-51)61-46)58-29-34-19-10-4-11-20-34)57-24-14-23-48(55)40(49)27-38(52)41(62-48)37(26-33-17-8-3-9-18-33)45(53)50-36(31-60-47(50)54)25-32-15-6-2-7-16-32/h2-13,15-22,27,36-37,39,41-44,46,51,55H,14,23-26,28-31H2,1H3/t36-,37-,39-,41-,42-,43+,44+,46+,48+/m1/s1. The molecule has 62 heavy (non-hydrogen) atoms. The van der Waals surface area contributed by atoms with Crippen molar-refractivity contribution in [1.82, 2.24) is 4.90 Å². The van der Waals surface area contributed by atoms with Crippen molar-refractivity contribution in [2.45, 2.75) is 87.5 Å². The van der Waals surface area contributed by atoms with E-state index in [-0.39, 0.29) is 56.8 Å². The van der Waals surface area contributed by atoms with Gasteiger partial charge in [0, 0.05) is 20.1 Å². The van der Waals surface area contributed by atoms with E-state index in [4.69, 9.17) is 33.2 Å². The maximum atomic E-state index is 14.6. The summed E-state index contributed by atoms with van der Waals surface area (Å²) in [5, 5.41) is 22.5. The highest BCUT2D eigenvalue weighted by Gasteiger charge is 2.51. The van der Waals surface area contributed by atoms with Gasteiger partial charge >= 0.3 is 6.09 Å². The summed E-state index contributed by atoms with van der Waals surface area (Å²) in [4.78, 5) is 42.6. The fourth-order valence-corrected chi connectivity index (χ4v) is 8.60. The molecule has 3 aliphatic heterocycles. The fraction of sp³-hybridized carbons (Fsp3) is 0.396. The Morgan fingerprint density at radius 1 is 0.806 bits per heavy atom. The van der Waals surface area contributed by atoms with Gasteiger partial charge in [0.2, 0.25) is 5.91 Å². The van der Waals surface area contributed by atoms with Crippen LogP contribution in [0.25, 0.3) is 0 Å². The predicted molar refractivity (Wildman–Crippen MR) is 229 cm³/mol. The Bertz CT molecular complexity index is 2090. The Morgan fingerprint density at radius 3 is 1.95 bits per heavy atom. The van der Waals surface area contributed by atoms with Crippen LogP contribution in [0, 0.1) is 5.92 Å². The number of aliphatic hydroxyl groups excluding tert-OH is 1. The van der Waals surface area contributed by atoms with E-state index in [0.717, 1.165) is 27.2 Å². The second kappa shape index (κ2) is 21.7. The van der Waals surface area contributed by atoms with Crippen molar-refractivity contribution in [3.8, 4) is 0 Å². The third-order valence-electron chi connectivity index (χ3n) is 11.3. The summed E-state index contributed by atoms with van der Waals surface area (Å²) < 4.78 is 43.1. The number of ketones is 1. The number of halogens is 1. The Kier molecular flexibility index (Phi) is 15.9. The van der Waals surface area contributed by atoms with E-state index in [1.807, 2.05) is 121 Å². The average Bonchev–Trinajstić information content (AvgIpc) is 3.66. The zero-order valence-electron chi connectivity index (χ0n) is 34.4. The summed E-state index contributed by atoms with van der Waals surface area (Å²) >= 11 is 3.37. The molecule has 0 aliphatic carbocycles. The molecule has 14 heteroatoms. The molecule has 2 amide bonds. The number of rotatable bonds is 19. The van der Waals surface area contributed by atoms with Gasteiger partial charge in [0.25, 0.3) is 0 Å². The SMILES string of the molecule is CO[C@H]1O[C@H](CO)[C@@H](OCc2ccccc2)[C@H](OCc2ccccc2)[C@@H]1OCCC[C@]1(O)O[C@H]([C@@H](Cc2ccccc2)C(=O)N2C(=O)OC[C@H]2Cc2ccccc2)C(=O)C=C1Br. The average molecular weight is 915 g/mol. The number of amides is 2. The molecule has 9 atom stereocenters. The number of aliphatic hydroxyl groups is 2. The van der Waals surface area contributed by atoms with Gasteiger partial charge in [-0.05, 0) is 63.5 Å². The lowest BCUT2D eigenvalue weighted by atomic mass is 9.87. The van der Waals surface area contributed by atoms with Gasteiger partial charge in [0.05, 0.1) is 36.3 Å². The maximum absolute atomic E-state index is 14.6. The molecule has 0 aromatic heterocycles. The monoisotopic (exact) mass is 913 g/mol. The molecule has 3 heterocycles. The van der Waals surface area contributed by atoms with E-state index in [0.29, 0.717) is 6.42 Å². The minimum Gasteiger partial charge on any atom is -0.447 e. The zero-order valence-corrected chi connectivity index (χ0v) is 36.0. The second-order valence-electron chi connectivity index (χ2n) is 15.6. The highest BCUT2D eigenvalue weighted by atomic mass is 79.9. The number of nitrogens with zero attached hydrogens (tertiary/aromatic N) is 1. The molecule has 2 fully saturated rings. The van der Waals surface area contributed by atoms with E-state index >= 15 is 0 Å². The number of ether oxygens (including phenoxy) is 7. The molecule has 13 nitrogen and oxygen atoms in total. The predicted octanol–water partition coefficient (Wildman–Crippen LogP) is 6.07. The minimum absolute atomic E-state index is 0.00104. The molecular formula is C48H52BrNO12. The second-order valence-corrected chi connectivity index (χ2v) is 16.4. The lowest BCUT2D eigenvalue weighted by molar-refractivity contribution is -0.320. The highest BCUT2D eigenvalue weighted by Crippen LogP contribution is 2.38. The topological polar surface area (TPSA) is 160 Å². The van der Waals surface area contributed by atoms with Crippen molar-refractivity contribution < 1.29 is 57.8 Å². The first kappa shape index (κ1) is 45.4. The van der Waals surface area contributed by atoms with Crippen LogP contribution >= 0.6 is 15.9 Å². The van der Waals surface area contributed by atoms with E-state index in [2.05, 4.69) is 15.9 Å². The summed E-state index contributed by atoms with van der Waals surface area (Å²) in [6.45, 7) is 0.137. The van der Waals surface area contributed by atoms with Crippen molar-refractivity contribution in [3.63, 3.8) is 0 Å². The van der Waals surface area contributed by atoms with Crippen LogP contribution in [0.3, 0.4) is 0 Å². The van der Waals surface area contributed by atoms with Crippen molar-refractivity contribution in [3.05, 3.63) is 154 Å². The number of benzene rings is 4. The number of hydrogen-bond donors (Lipinski definition) is 2. The molecule has 2 N–H and O–H groups in total. The van der Waals surface area contributed by atoms with Gasteiger partial charge in [-0.1, -0.05) is 121 Å². The largest absolute Gasteiger partial charge is 0.447 e. The van der Waals surface area contributed by atoms with Crippen LogP contribution in [0.4, 0.5) is 4.79 Å². The molecule has 2 saturated heterocycles. The number of carbonyl (C=O) groups is 3. The van der Waals surface area contributed by atoms with Crippen LogP contribution in [-0.2, 0) is 68.8 Å². The third-order valence-corrected chi connectivity index (χ3v) is 12.1. The van der Waals surface area contributed by atoms with Gasteiger partial charge in [0.15, 0.2) is 17.9 Å². The smallest absolute Gasteiger partial charge is 0.416 e. The van der Waals surface area contributed by atoms with E-state index in [1.54, 1.807) is 0 Å². The van der Waals surface area contributed by atoms with Crippen LogP contribution in [0.2, 0.25) is 0 Å². The molecule has 328 valence electrons. The third kappa shape index (κ3) is 11.1. The van der Waals surface area contributed by atoms with Gasteiger partial charge in [-0.15, -0.1) is 0 Å². The van der Waals surface area contributed by atoms with E-state index in [9.17, 15) is 24.6 Å². The Balaban J connectivity index is 1.07. The number of methoxy groups -OCH3 is 1. The molecule has 7 rings (SSSR count). The Hall–Kier alpha value is -4.61. The van der Waals surface area contributed by atoms with Gasteiger partial charge in [-0.2, -0.15) is 0 Å². The van der Waals surface area contributed by atoms with Crippen LogP contribution in [0.5, 0.6) is 0 Å². The Morgan fingerprint density at radius 2 is 1.37 bits per heavy atom. The summed E-state index contributed by atoms with van der Waals surface area (Å²) in [7, 11) is 1.48. The normalized spacial score (nSPS) is 26.8. The molecule has 0 radical (unpaired) electrons. The number of hydrogen-bond acceptors (Lipinski definition) is 12. The summed E-state index contributed by atoms with van der Waals surface area (Å²) in [6.07, 6.45) is -4.54. The van der Waals surface area contributed by atoms with Crippen molar-refractivity contribution >= 4 is 33.7 Å². The molecule has 4 aromatic carbocycles. The van der Waals surface area contributed by atoms with Gasteiger partial charge in [0.1, 0.15) is 37.1 Å². The quantitative estimate of drug-likeness (QED) is 0.105. The van der Waals surface area contributed by atoms with Gasteiger partial charge in [-0.3, -0.25) is 9.59 Å². The highest BCUT2D eigenvalue weighted by molar-refractivity contribution is 9.11. The van der Waals surface area contributed by atoms with Crippen molar-refractivity contribution in [2.24, 2.45) is 5.92 Å². The maximum Gasteiger partial charge on any atom is 0.416 e. The number of carbonyl (C=O) groups excluding carboxylic acids is 3. The van der Waals surface area contributed by atoms with Gasteiger partial charge < -0.3 is 43.4 Å². The summed E-state index contributed by atoms with van der Waals surface area (Å²) in [6, 6.07) is 37.2. The van der Waals surface area contributed by atoms with Crippen LogP contribution in [0.1, 0.15) is 35.1 Å². The molecule has 3 aliphatic rings. The van der Waals surface area contributed by atoms with Crippen LogP contribution in [-0.4, -0.2) is 108 Å². The Labute approximate surface area is 369 Å². The first-order chi connectivity index (χ1) is 30.2. The first-order valence-electron chi connectivity index (χ1n) is 20.8.